The van der Waals surface area contributed by atoms with Gasteiger partial charge in [0.2, 0.25) is 0 Å². The van der Waals surface area contributed by atoms with Gasteiger partial charge in [0.15, 0.2) is 10.2 Å². The van der Waals surface area contributed by atoms with Crippen molar-refractivity contribution >= 4 is 46.1 Å². The van der Waals surface area contributed by atoms with Crippen LogP contribution in [0.25, 0.3) is 0 Å². The van der Waals surface area contributed by atoms with Gasteiger partial charge in [0, 0.05) is 0 Å². The van der Waals surface area contributed by atoms with E-state index < -0.39 is 0 Å². The first-order valence-corrected chi connectivity index (χ1v) is 9.60. The Morgan fingerprint density at radius 1 is 1.14 bits per heavy atom. The zero-order chi connectivity index (χ0) is 20.2. The van der Waals surface area contributed by atoms with E-state index in [4.69, 9.17) is 33.6 Å². The summed E-state index contributed by atoms with van der Waals surface area (Å²) in [4.78, 5) is 0. The zero-order valence-electron chi connectivity index (χ0n) is 15.8. The second-order valence-corrected chi connectivity index (χ2v) is 6.47. The highest BCUT2D eigenvalue weighted by molar-refractivity contribution is 7.80. The second-order valence-electron chi connectivity index (χ2n) is 5.65. The Morgan fingerprint density at radius 3 is 2.54 bits per heavy atom. The molecule has 2 rings (SSSR count). The van der Waals surface area contributed by atoms with Crippen LogP contribution in [0.3, 0.4) is 0 Å². The van der Waals surface area contributed by atoms with E-state index in [-0.39, 0.29) is 0 Å². The van der Waals surface area contributed by atoms with Gasteiger partial charge in [-0.3, -0.25) is 10.9 Å². The Morgan fingerprint density at radius 2 is 1.89 bits per heavy atom. The average Bonchev–Trinajstić information content (AvgIpc) is 3.24. The molecule has 0 atom stereocenters. The molecular weight excluding hydrogens is 396 g/mol. The molecule has 0 fully saturated rings. The number of hydrazone groups is 2. The lowest BCUT2D eigenvalue weighted by molar-refractivity contribution is 0.237. The standard InChI is InChI=1S/C18H24N6O2S2/c1-3-16(22-24-18(28)20-12-15-8-6-10-26-15)13(2)21-23-17(27)19-11-14-7-4-5-9-25-14/h4-8,10H,3,9,11-12H2,1-2H3,(H2,19,23,27)(H2,20,24,28)/b21-13+,22-16-. The number of allylic oxidation sites excluding steroid dienone is 2. The Hall–Kier alpha value is -2.72. The first-order valence-electron chi connectivity index (χ1n) is 8.78. The van der Waals surface area contributed by atoms with Crippen molar-refractivity contribution in [3.05, 3.63) is 48.1 Å². The highest BCUT2D eigenvalue weighted by Crippen LogP contribution is 2.02. The van der Waals surface area contributed by atoms with Crippen molar-refractivity contribution in [2.75, 3.05) is 13.2 Å². The van der Waals surface area contributed by atoms with Crippen molar-refractivity contribution in [3.8, 4) is 0 Å². The Labute approximate surface area is 175 Å². The third-order valence-corrected chi connectivity index (χ3v) is 4.05. The molecule has 0 aromatic carbocycles. The molecule has 0 unspecified atom stereocenters. The van der Waals surface area contributed by atoms with Crippen molar-refractivity contribution in [3.63, 3.8) is 0 Å². The molecule has 2 heterocycles. The van der Waals surface area contributed by atoms with Gasteiger partial charge in [-0.2, -0.15) is 10.2 Å². The van der Waals surface area contributed by atoms with Crippen molar-refractivity contribution in [2.24, 2.45) is 10.2 Å². The fourth-order valence-corrected chi connectivity index (χ4v) is 2.34. The molecular formula is C18H24N6O2S2. The minimum Gasteiger partial charge on any atom is -0.492 e. The summed E-state index contributed by atoms with van der Waals surface area (Å²) in [6, 6.07) is 3.69. The number of furan rings is 1. The number of ether oxygens (including phenoxy) is 1. The number of rotatable bonds is 8. The van der Waals surface area contributed by atoms with Gasteiger partial charge in [0.1, 0.15) is 18.1 Å². The predicted molar refractivity (Wildman–Crippen MR) is 119 cm³/mol. The number of hydrogen-bond donors (Lipinski definition) is 4. The summed E-state index contributed by atoms with van der Waals surface area (Å²) < 4.78 is 10.7. The summed E-state index contributed by atoms with van der Waals surface area (Å²) in [7, 11) is 0. The van der Waals surface area contributed by atoms with Crippen LogP contribution in [0.2, 0.25) is 0 Å². The number of nitrogens with one attached hydrogen (secondary N) is 4. The minimum absolute atomic E-state index is 0.398. The molecule has 1 aliphatic heterocycles. The van der Waals surface area contributed by atoms with Crippen LogP contribution in [0.15, 0.2) is 57.0 Å². The highest BCUT2D eigenvalue weighted by Gasteiger charge is 2.05. The van der Waals surface area contributed by atoms with Gasteiger partial charge >= 0.3 is 0 Å². The SMILES string of the molecule is CCC(=N/NC(=S)NCc1ccco1)/C(C)=N/NC(=S)NCC1=CC=CCO1. The van der Waals surface area contributed by atoms with Crippen LogP contribution in [-0.2, 0) is 11.3 Å². The number of hydrogen-bond acceptors (Lipinski definition) is 6. The molecule has 8 nitrogen and oxygen atoms in total. The Bertz CT molecular complexity index is 784. The van der Waals surface area contributed by atoms with Crippen LogP contribution in [0.1, 0.15) is 26.0 Å². The fraction of sp³-hybridized carbons (Fsp3) is 0.333. The molecule has 1 aromatic rings. The molecule has 150 valence electrons. The van der Waals surface area contributed by atoms with Crippen molar-refractivity contribution in [2.45, 2.75) is 26.8 Å². The highest BCUT2D eigenvalue weighted by atomic mass is 32.1. The summed E-state index contributed by atoms with van der Waals surface area (Å²) in [5, 5.41) is 15.4. The van der Waals surface area contributed by atoms with Gasteiger partial charge in [-0.05, 0) is 62.1 Å². The molecule has 0 spiro atoms. The zero-order valence-corrected chi connectivity index (χ0v) is 17.5. The van der Waals surface area contributed by atoms with E-state index >= 15 is 0 Å². The first-order chi connectivity index (χ1) is 13.6. The summed E-state index contributed by atoms with van der Waals surface area (Å²) in [6.45, 7) is 5.38. The molecule has 4 N–H and O–H groups in total. The van der Waals surface area contributed by atoms with Gasteiger partial charge in [-0.15, -0.1) is 0 Å². The molecule has 1 aromatic heterocycles. The predicted octanol–water partition coefficient (Wildman–Crippen LogP) is 2.32. The lowest BCUT2D eigenvalue weighted by atomic mass is 10.2. The lowest BCUT2D eigenvalue weighted by Gasteiger charge is -2.13. The fourth-order valence-electron chi connectivity index (χ4n) is 2.10. The van der Waals surface area contributed by atoms with Gasteiger partial charge in [-0.25, -0.2) is 0 Å². The van der Waals surface area contributed by atoms with Gasteiger partial charge in [0.25, 0.3) is 0 Å². The topological polar surface area (TPSA) is 95.2 Å². The molecule has 0 aliphatic carbocycles. The third kappa shape index (κ3) is 7.89. The van der Waals surface area contributed by atoms with E-state index in [2.05, 4.69) is 31.7 Å². The molecule has 0 saturated carbocycles. The lowest BCUT2D eigenvalue weighted by Crippen LogP contribution is -2.35. The largest absolute Gasteiger partial charge is 0.492 e. The number of nitrogens with zero attached hydrogens (tertiary/aromatic N) is 2. The van der Waals surface area contributed by atoms with Crippen LogP contribution in [0.4, 0.5) is 0 Å². The van der Waals surface area contributed by atoms with Gasteiger partial charge in [0.05, 0.1) is 30.8 Å². The molecule has 10 heteroatoms. The van der Waals surface area contributed by atoms with Crippen molar-refractivity contribution in [1.82, 2.24) is 21.5 Å². The van der Waals surface area contributed by atoms with Crippen LogP contribution >= 0.6 is 24.4 Å². The van der Waals surface area contributed by atoms with Crippen LogP contribution in [0, 0.1) is 0 Å². The van der Waals surface area contributed by atoms with E-state index in [1.807, 2.05) is 44.2 Å². The molecule has 0 amide bonds. The normalized spacial score (nSPS) is 14.0. The minimum atomic E-state index is 0.398. The smallest absolute Gasteiger partial charge is 0.187 e. The first kappa shape index (κ1) is 21.6. The van der Waals surface area contributed by atoms with Crippen molar-refractivity contribution < 1.29 is 9.15 Å². The maximum Gasteiger partial charge on any atom is 0.187 e. The van der Waals surface area contributed by atoms with Gasteiger partial charge in [-0.1, -0.05) is 13.0 Å². The molecule has 28 heavy (non-hydrogen) atoms. The second kappa shape index (κ2) is 11.9. The monoisotopic (exact) mass is 420 g/mol. The molecule has 0 saturated heterocycles. The quantitative estimate of drug-likeness (QED) is 0.289. The summed E-state index contributed by atoms with van der Waals surface area (Å²) in [5.74, 6) is 1.61. The maximum absolute atomic E-state index is 5.44. The van der Waals surface area contributed by atoms with Gasteiger partial charge < -0.3 is 19.8 Å². The summed E-state index contributed by atoms with van der Waals surface area (Å²) in [6.07, 6.45) is 8.07. The van der Waals surface area contributed by atoms with Crippen LogP contribution < -0.4 is 21.5 Å². The maximum atomic E-state index is 5.44. The molecule has 0 radical (unpaired) electrons. The van der Waals surface area contributed by atoms with E-state index in [9.17, 15) is 0 Å². The van der Waals surface area contributed by atoms with E-state index in [1.165, 1.54) is 0 Å². The van der Waals surface area contributed by atoms with E-state index in [1.54, 1.807) is 6.26 Å². The van der Waals surface area contributed by atoms with E-state index in [0.717, 1.165) is 17.2 Å². The van der Waals surface area contributed by atoms with Crippen molar-refractivity contribution in [1.29, 1.82) is 0 Å². The summed E-state index contributed by atoms with van der Waals surface area (Å²) in [5.41, 5.74) is 7.07. The average molecular weight is 421 g/mol. The summed E-state index contributed by atoms with van der Waals surface area (Å²) >= 11 is 10.4. The molecule has 1 aliphatic rings. The van der Waals surface area contributed by atoms with E-state index in [0.29, 0.717) is 42.1 Å². The Kier molecular flexibility index (Phi) is 9.16. The number of thiocarbonyl (C=S) groups is 2. The molecule has 0 bridgehead atoms. The Balaban J connectivity index is 1.76. The third-order valence-electron chi connectivity index (χ3n) is 3.58. The van der Waals surface area contributed by atoms with Crippen LogP contribution in [0.5, 0.6) is 0 Å². The van der Waals surface area contributed by atoms with Crippen LogP contribution in [-0.4, -0.2) is 34.8 Å².